The Hall–Kier alpha value is -3.51. The summed E-state index contributed by atoms with van der Waals surface area (Å²) in [7, 11) is 1.47. The Morgan fingerprint density at radius 3 is 2.56 bits per heavy atom. The summed E-state index contributed by atoms with van der Waals surface area (Å²) in [6.07, 6.45) is -5.41. The molecule has 5 atom stereocenters. The Kier molecular flexibility index (Phi) is 5.48. The van der Waals surface area contributed by atoms with E-state index in [1.165, 1.54) is 32.4 Å². The van der Waals surface area contributed by atoms with Crippen LogP contribution in [-0.2, 0) is 4.74 Å². The van der Waals surface area contributed by atoms with E-state index in [9.17, 15) is 25.2 Å². The first-order chi connectivity index (χ1) is 16.3. The summed E-state index contributed by atoms with van der Waals surface area (Å²) in [4.78, 5) is 13.3. The zero-order valence-corrected chi connectivity index (χ0v) is 18.1. The number of aromatic hydroxyl groups is 1. The molecule has 11 nitrogen and oxygen atoms in total. The summed E-state index contributed by atoms with van der Waals surface area (Å²) in [5, 5.41) is 40.5. The molecule has 0 radical (unpaired) electrons. The van der Waals surface area contributed by atoms with Gasteiger partial charge in [0.1, 0.15) is 30.2 Å². The number of benzene rings is 2. The lowest BCUT2D eigenvalue weighted by atomic mass is 10.00. The highest BCUT2D eigenvalue weighted by molar-refractivity contribution is 5.85. The molecular weight excluding hydrogens is 452 g/mol. The maximum absolute atomic E-state index is 13.3. The molecule has 0 unspecified atom stereocenters. The Bertz CT molecular complexity index is 1300. The van der Waals surface area contributed by atoms with Crippen LogP contribution >= 0.6 is 0 Å². The first-order valence-corrected chi connectivity index (χ1v) is 10.4. The van der Waals surface area contributed by atoms with Gasteiger partial charge in [-0.05, 0) is 30.7 Å². The van der Waals surface area contributed by atoms with E-state index < -0.39 is 36.1 Å². The average molecular weight is 474 g/mol. The number of rotatable bonds is 4. The van der Waals surface area contributed by atoms with Gasteiger partial charge in [-0.2, -0.15) is 0 Å². The van der Waals surface area contributed by atoms with Gasteiger partial charge in [0.15, 0.2) is 23.0 Å². The van der Waals surface area contributed by atoms with Crippen molar-refractivity contribution < 1.29 is 48.5 Å². The Morgan fingerprint density at radius 1 is 1.00 bits per heavy atom. The average Bonchev–Trinajstić information content (AvgIpc) is 3.30. The van der Waals surface area contributed by atoms with Crippen molar-refractivity contribution >= 4 is 11.0 Å². The van der Waals surface area contributed by atoms with E-state index in [1.807, 2.05) is 0 Å². The maximum atomic E-state index is 13.3. The number of aliphatic hydroxyl groups excluding tert-OH is 3. The molecule has 2 aliphatic rings. The molecule has 3 aromatic rings. The second-order valence-corrected chi connectivity index (χ2v) is 8.01. The zero-order valence-electron chi connectivity index (χ0n) is 18.1. The van der Waals surface area contributed by atoms with Crippen LogP contribution in [0.1, 0.15) is 6.92 Å². The highest BCUT2D eigenvalue weighted by Crippen LogP contribution is 2.44. The van der Waals surface area contributed by atoms with Gasteiger partial charge in [0.05, 0.1) is 24.2 Å². The topological polar surface area (TPSA) is 157 Å². The molecule has 11 heteroatoms. The molecule has 2 aliphatic heterocycles. The number of phenols is 1. The van der Waals surface area contributed by atoms with Crippen LogP contribution in [0.4, 0.5) is 0 Å². The predicted octanol–water partition coefficient (Wildman–Crippen LogP) is 1.11. The SMILES string of the molecule is COc1cc(-c2coc3cc(O)c(O[C@@H]4O[C@@H](C)[C@H](O)[C@@H](O)[C@H]4O)cc3c2=O)cc2c1OCO2. The lowest BCUT2D eigenvalue weighted by Crippen LogP contribution is -2.58. The van der Waals surface area contributed by atoms with Gasteiger partial charge in [0, 0.05) is 6.07 Å². The van der Waals surface area contributed by atoms with E-state index in [0.29, 0.717) is 22.8 Å². The summed E-state index contributed by atoms with van der Waals surface area (Å²) in [5.41, 5.74) is 0.326. The first-order valence-electron chi connectivity index (χ1n) is 10.4. The van der Waals surface area contributed by atoms with E-state index >= 15 is 0 Å². The molecule has 0 aliphatic carbocycles. The Labute approximate surface area is 192 Å². The number of hydrogen-bond acceptors (Lipinski definition) is 11. The van der Waals surface area contributed by atoms with Crippen LogP contribution in [0.3, 0.4) is 0 Å². The summed E-state index contributed by atoms with van der Waals surface area (Å²) in [6, 6.07) is 5.69. The zero-order chi connectivity index (χ0) is 24.1. The van der Waals surface area contributed by atoms with Crippen LogP contribution in [0.2, 0.25) is 0 Å². The Balaban J connectivity index is 1.54. The van der Waals surface area contributed by atoms with Crippen LogP contribution in [0, 0.1) is 0 Å². The molecule has 0 spiro atoms. The highest BCUT2D eigenvalue weighted by Gasteiger charge is 2.43. The fraction of sp³-hybridized carbons (Fsp3) is 0.348. The number of ether oxygens (including phenoxy) is 5. The molecule has 34 heavy (non-hydrogen) atoms. The van der Waals surface area contributed by atoms with Crippen LogP contribution in [-0.4, -0.2) is 65.0 Å². The molecule has 2 aromatic carbocycles. The molecule has 1 fully saturated rings. The number of methoxy groups -OCH3 is 1. The Morgan fingerprint density at radius 2 is 1.79 bits per heavy atom. The summed E-state index contributed by atoms with van der Waals surface area (Å²) >= 11 is 0. The minimum atomic E-state index is -1.59. The third kappa shape index (κ3) is 3.59. The molecule has 3 heterocycles. The smallest absolute Gasteiger partial charge is 0.231 e. The van der Waals surface area contributed by atoms with Crippen molar-refractivity contribution in [3.8, 4) is 39.9 Å². The molecule has 4 N–H and O–H groups in total. The second-order valence-electron chi connectivity index (χ2n) is 8.01. The number of hydrogen-bond donors (Lipinski definition) is 4. The third-order valence-corrected chi connectivity index (χ3v) is 5.88. The van der Waals surface area contributed by atoms with Crippen molar-refractivity contribution in [2.45, 2.75) is 37.6 Å². The minimum absolute atomic E-state index is 0.0287. The van der Waals surface area contributed by atoms with Gasteiger partial charge in [-0.15, -0.1) is 0 Å². The maximum Gasteiger partial charge on any atom is 0.231 e. The number of fused-ring (bicyclic) bond motifs is 2. The fourth-order valence-electron chi connectivity index (χ4n) is 3.96. The first kappa shape index (κ1) is 22.3. The van der Waals surface area contributed by atoms with E-state index in [4.69, 9.17) is 28.1 Å². The van der Waals surface area contributed by atoms with Crippen molar-refractivity contribution in [3.05, 3.63) is 40.8 Å². The predicted molar refractivity (Wildman–Crippen MR) is 115 cm³/mol. The minimum Gasteiger partial charge on any atom is -0.504 e. The quantitative estimate of drug-likeness (QED) is 0.429. The van der Waals surface area contributed by atoms with Crippen LogP contribution in [0.25, 0.3) is 22.1 Å². The molecule has 0 saturated carbocycles. The normalized spacial score (nSPS) is 26.0. The molecule has 0 amide bonds. The van der Waals surface area contributed by atoms with Gasteiger partial charge in [-0.25, -0.2) is 0 Å². The van der Waals surface area contributed by atoms with Crippen LogP contribution in [0.5, 0.6) is 28.7 Å². The van der Waals surface area contributed by atoms with Gasteiger partial charge in [-0.3, -0.25) is 4.79 Å². The van der Waals surface area contributed by atoms with Gasteiger partial charge in [-0.1, -0.05) is 0 Å². The molecule has 1 aromatic heterocycles. The molecule has 1 saturated heterocycles. The second kappa shape index (κ2) is 8.37. The summed E-state index contributed by atoms with van der Waals surface area (Å²) in [6.45, 7) is 1.53. The molecule has 5 rings (SSSR count). The van der Waals surface area contributed by atoms with E-state index in [-0.39, 0.29) is 34.8 Å². The van der Waals surface area contributed by atoms with Crippen molar-refractivity contribution in [3.63, 3.8) is 0 Å². The summed E-state index contributed by atoms with van der Waals surface area (Å²) < 4.78 is 32.7. The lowest BCUT2D eigenvalue weighted by Gasteiger charge is -2.38. The van der Waals surface area contributed by atoms with E-state index in [0.717, 1.165) is 0 Å². The van der Waals surface area contributed by atoms with Gasteiger partial charge in [0.2, 0.25) is 24.3 Å². The lowest BCUT2D eigenvalue weighted by molar-refractivity contribution is -0.268. The standard InChI is InChI=1S/C23H22O11/c1-9-18(25)20(27)21(28)23(33-9)34-15-5-11-14(6-13(15)24)30-7-12(19(11)26)10-3-16(29-2)22-17(4-10)31-8-32-22/h3-7,9,18,20-21,23-25,27-28H,8H2,1-2H3/t9-,18-,20+,21+,23-/m0/s1. The molecule has 0 bridgehead atoms. The van der Waals surface area contributed by atoms with E-state index in [2.05, 4.69) is 0 Å². The molecule has 180 valence electrons. The fourth-order valence-corrected chi connectivity index (χ4v) is 3.96. The largest absolute Gasteiger partial charge is 0.504 e. The monoisotopic (exact) mass is 474 g/mol. The third-order valence-electron chi connectivity index (χ3n) is 5.88. The van der Waals surface area contributed by atoms with E-state index in [1.54, 1.807) is 12.1 Å². The van der Waals surface area contributed by atoms with Crippen molar-refractivity contribution in [2.75, 3.05) is 13.9 Å². The van der Waals surface area contributed by atoms with Gasteiger partial charge in [0.25, 0.3) is 0 Å². The molecular formula is C23H22O11. The van der Waals surface area contributed by atoms with Crippen molar-refractivity contribution in [1.82, 2.24) is 0 Å². The summed E-state index contributed by atoms with van der Waals surface area (Å²) in [5.74, 6) is 0.682. The number of aliphatic hydroxyl groups is 3. The van der Waals surface area contributed by atoms with Crippen molar-refractivity contribution in [1.29, 1.82) is 0 Å². The number of phenolic OH excluding ortho intramolecular Hbond substituents is 1. The van der Waals surface area contributed by atoms with Crippen LogP contribution in [0.15, 0.2) is 39.7 Å². The van der Waals surface area contributed by atoms with Gasteiger partial charge >= 0.3 is 0 Å². The van der Waals surface area contributed by atoms with Gasteiger partial charge < -0.3 is 48.5 Å². The van der Waals surface area contributed by atoms with Crippen molar-refractivity contribution in [2.24, 2.45) is 0 Å². The van der Waals surface area contributed by atoms with Crippen LogP contribution < -0.4 is 24.4 Å². The highest BCUT2D eigenvalue weighted by atomic mass is 16.7.